The number of nitrogens with one attached hydrogen (secondary N) is 1. The lowest BCUT2D eigenvalue weighted by molar-refractivity contribution is 0.403. The van der Waals surface area contributed by atoms with Crippen LogP contribution in [-0.4, -0.2) is 23.0 Å². The lowest BCUT2D eigenvalue weighted by Crippen LogP contribution is -2.38. The van der Waals surface area contributed by atoms with Crippen molar-refractivity contribution >= 4 is 16.8 Å². The second kappa shape index (κ2) is 5.69. The maximum Gasteiger partial charge on any atom is 0.0995 e. The molecule has 0 radical (unpaired) electrons. The number of rotatable bonds is 1. The topological polar surface area (TPSA) is 24.4 Å². The average Bonchev–Trinajstić information content (AvgIpc) is 2.36. The quantitative estimate of drug-likeness (QED) is 0.825. The Morgan fingerprint density at radius 1 is 1.18 bits per heavy atom. The van der Waals surface area contributed by atoms with Crippen LogP contribution in [-0.2, 0) is 0 Å². The predicted molar refractivity (Wildman–Crippen MR) is 76.7 cm³/mol. The Morgan fingerprint density at radius 2 is 1.88 bits per heavy atom. The van der Waals surface area contributed by atoms with Gasteiger partial charge in [0.15, 0.2) is 0 Å². The number of hydrogen-bond donors (Lipinski definition) is 1. The number of hydrogen-bond acceptors (Lipinski definition) is 3. The number of nitrogens with zero attached hydrogens (tertiary/aromatic N) is 1. The Kier molecular flexibility index (Phi) is 4.24. The molecular weight excluding hydrogens is 228 g/mol. The summed E-state index contributed by atoms with van der Waals surface area (Å²) in [5.74, 6) is 0.647. The first-order valence-electron chi connectivity index (χ1n) is 6.18. The van der Waals surface area contributed by atoms with Gasteiger partial charge in [-0.3, -0.25) is 10.3 Å². The minimum Gasteiger partial charge on any atom is -0.295 e. The second-order valence-corrected chi connectivity index (χ2v) is 6.03. The van der Waals surface area contributed by atoms with Crippen molar-refractivity contribution in [1.29, 1.82) is 0 Å². The summed E-state index contributed by atoms with van der Waals surface area (Å²) in [6.45, 7) is 7.56. The van der Waals surface area contributed by atoms with Crippen LogP contribution >= 0.6 is 11.8 Å². The largest absolute Gasteiger partial charge is 0.295 e. The van der Waals surface area contributed by atoms with Gasteiger partial charge in [0.05, 0.1) is 11.7 Å². The van der Waals surface area contributed by atoms with Gasteiger partial charge in [0.25, 0.3) is 0 Å². The summed E-state index contributed by atoms with van der Waals surface area (Å²) in [4.78, 5) is 4.66. The van der Waals surface area contributed by atoms with E-state index in [1.807, 2.05) is 17.8 Å². The highest BCUT2D eigenvalue weighted by Crippen LogP contribution is 2.27. The summed E-state index contributed by atoms with van der Waals surface area (Å²) >= 11 is 1.90. The van der Waals surface area contributed by atoms with Crippen LogP contribution in [0.1, 0.15) is 26.3 Å². The van der Waals surface area contributed by atoms with Crippen molar-refractivity contribution in [1.82, 2.24) is 5.32 Å². The van der Waals surface area contributed by atoms with Crippen molar-refractivity contribution in [2.75, 3.05) is 6.67 Å². The third-order valence-electron chi connectivity index (χ3n) is 3.48. The van der Waals surface area contributed by atoms with Crippen LogP contribution in [0, 0.1) is 5.92 Å². The van der Waals surface area contributed by atoms with Gasteiger partial charge in [0, 0.05) is 16.9 Å². The van der Waals surface area contributed by atoms with Gasteiger partial charge in [-0.1, -0.05) is 44.2 Å². The molecule has 2 rings (SSSR count). The standard InChI is InChI=1S/C14H20N2S/c1-10-11(2)15-9-16-14(17-12(10)3)13-7-5-4-6-8-13/h4-8,10-12,15H,9H2,1-3H3/b16-14-/t10-,11?,12-/m1/s1. The molecule has 0 bridgehead atoms. The first-order chi connectivity index (χ1) is 8.18. The molecule has 0 amide bonds. The molecule has 1 aliphatic rings. The second-order valence-electron chi connectivity index (χ2n) is 4.66. The Labute approximate surface area is 108 Å². The molecule has 3 heteroatoms. The fourth-order valence-corrected chi connectivity index (χ4v) is 3.13. The molecule has 1 aromatic carbocycles. The van der Waals surface area contributed by atoms with Gasteiger partial charge in [-0.2, -0.15) is 0 Å². The van der Waals surface area contributed by atoms with Gasteiger partial charge in [-0.25, -0.2) is 0 Å². The Hall–Kier alpha value is -0.800. The van der Waals surface area contributed by atoms with Gasteiger partial charge in [-0.05, 0) is 12.8 Å². The van der Waals surface area contributed by atoms with Crippen molar-refractivity contribution in [3.8, 4) is 0 Å². The van der Waals surface area contributed by atoms with E-state index >= 15 is 0 Å². The van der Waals surface area contributed by atoms with Crippen molar-refractivity contribution in [3.63, 3.8) is 0 Å². The van der Waals surface area contributed by atoms with E-state index in [2.05, 4.69) is 55.3 Å². The molecule has 0 saturated carbocycles. The van der Waals surface area contributed by atoms with Crippen LogP contribution in [0.4, 0.5) is 0 Å². The monoisotopic (exact) mass is 248 g/mol. The summed E-state index contributed by atoms with van der Waals surface area (Å²) in [5, 5.41) is 5.20. The molecule has 1 heterocycles. The number of thioether (sulfide) groups is 1. The predicted octanol–water partition coefficient (Wildman–Crippen LogP) is 3.14. The highest BCUT2D eigenvalue weighted by atomic mass is 32.2. The van der Waals surface area contributed by atoms with E-state index in [1.165, 1.54) is 5.56 Å². The molecule has 1 aromatic rings. The van der Waals surface area contributed by atoms with Crippen molar-refractivity contribution in [3.05, 3.63) is 35.9 Å². The maximum atomic E-state index is 4.66. The first kappa shape index (κ1) is 12.7. The van der Waals surface area contributed by atoms with Crippen molar-refractivity contribution in [2.24, 2.45) is 10.9 Å². The molecular formula is C14H20N2S. The SMILES string of the molecule is CC1NC/N=C(/c2ccccc2)S[C@H](C)[C@@H]1C. The highest BCUT2D eigenvalue weighted by Gasteiger charge is 2.23. The maximum absolute atomic E-state index is 4.66. The fourth-order valence-electron chi connectivity index (χ4n) is 1.91. The molecule has 0 fully saturated rings. The van der Waals surface area contributed by atoms with Crippen molar-refractivity contribution < 1.29 is 0 Å². The smallest absolute Gasteiger partial charge is 0.0995 e. The molecule has 3 atom stereocenters. The van der Waals surface area contributed by atoms with Crippen LogP contribution in [0.25, 0.3) is 0 Å². The average molecular weight is 248 g/mol. The molecule has 17 heavy (non-hydrogen) atoms. The summed E-state index contributed by atoms with van der Waals surface area (Å²) < 4.78 is 0. The first-order valence-corrected chi connectivity index (χ1v) is 7.06. The summed E-state index contributed by atoms with van der Waals surface area (Å²) in [6.07, 6.45) is 0. The molecule has 1 aliphatic heterocycles. The zero-order valence-corrected chi connectivity index (χ0v) is 11.5. The van der Waals surface area contributed by atoms with E-state index in [1.54, 1.807) is 0 Å². The van der Waals surface area contributed by atoms with Gasteiger partial charge >= 0.3 is 0 Å². The third-order valence-corrected chi connectivity index (χ3v) is 4.87. The molecule has 1 N–H and O–H groups in total. The van der Waals surface area contributed by atoms with Crippen LogP contribution in [0.15, 0.2) is 35.3 Å². The minimum atomic E-state index is 0.526. The van der Waals surface area contributed by atoms with Crippen LogP contribution < -0.4 is 5.32 Å². The summed E-state index contributed by atoms with van der Waals surface area (Å²) in [5.41, 5.74) is 1.23. The van der Waals surface area contributed by atoms with Gasteiger partial charge in [0.1, 0.15) is 0 Å². The van der Waals surface area contributed by atoms with E-state index < -0.39 is 0 Å². The van der Waals surface area contributed by atoms with Crippen molar-refractivity contribution in [2.45, 2.75) is 32.1 Å². The summed E-state index contributed by atoms with van der Waals surface area (Å²) in [7, 11) is 0. The van der Waals surface area contributed by atoms with Crippen LogP contribution in [0.5, 0.6) is 0 Å². The van der Waals surface area contributed by atoms with E-state index in [4.69, 9.17) is 0 Å². The lowest BCUT2D eigenvalue weighted by atomic mass is 10.0. The Bertz CT molecular complexity index is 388. The van der Waals surface area contributed by atoms with Gasteiger partial charge < -0.3 is 0 Å². The molecule has 1 unspecified atom stereocenters. The molecule has 92 valence electrons. The van der Waals surface area contributed by atoms with Crippen LogP contribution in [0.3, 0.4) is 0 Å². The Morgan fingerprint density at radius 3 is 2.59 bits per heavy atom. The van der Waals surface area contributed by atoms with Crippen LogP contribution in [0.2, 0.25) is 0 Å². The zero-order valence-electron chi connectivity index (χ0n) is 10.7. The molecule has 0 spiro atoms. The number of aliphatic imine (C=N–C) groups is 1. The fraction of sp³-hybridized carbons (Fsp3) is 0.500. The Balaban J connectivity index is 2.21. The normalized spacial score (nSPS) is 33.4. The zero-order chi connectivity index (χ0) is 12.3. The molecule has 2 nitrogen and oxygen atoms in total. The number of benzene rings is 1. The molecule has 0 aromatic heterocycles. The third kappa shape index (κ3) is 3.11. The molecule has 0 saturated heterocycles. The summed E-state index contributed by atoms with van der Waals surface area (Å²) in [6, 6.07) is 11.0. The molecule has 0 aliphatic carbocycles. The lowest BCUT2D eigenvalue weighted by Gasteiger charge is -2.29. The minimum absolute atomic E-state index is 0.526. The highest BCUT2D eigenvalue weighted by molar-refractivity contribution is 8.14. The van der Waals surface area contributed by atoms with E-state index in [0.29, 0.717) is 17.2 Å². The van der Waals surface area contributed by atoms with E-state index in [-0.39, 0.29) is 0 Å². The van der Waals surface area contributed by atoms with Gasteiger partial charge in [0.2, 0.25) is 0 Å². The van der Waals surface area contributed by atoms with Gasteiger partial charge in [-0.15, -0.1) is 11.8 Å². The van der Waals surface area contributed by atoms with E-state index in [0.717, 1.165) is 11.7 Å². The van der Waals surface area contributed by atoms with E-state index in [9.17, 15) is 0 Å².